The molecule has 0 aromatic heterocycles. The van der Waals surface area contributed by atoms with Crippen LogP contribution in [-0.2, 0) is 0 Å². The van der Waals surface area contributed by atoms with Crippen molar-refractivity contribution in [2.45, 2.75) is 78.7 Å². The SMILES string of the molecule is C=CCNC(CCCCCCCC)C(C)(C)C. The molecule has 0 radical (unpaired) electrons. The van der Waals surface area contributed by atoms with Crippen LogP contribution in [0.5, 0.6) is 0 Å². The first-order chi connectivity index (χ1) is 8.02. The van der Waals surface area contributed by atoms with Gasteiger partial charge in [-0.05, 0) is 11.8 Å². The van der Waals surface area contributed by atoms with Crippen molar-refractivity contribution < 1.29 is 0 Å². The number of rotatable bonds is 10. The lowest BCUT2D eigenvalue weighted by Gasteiger charge is -2.31. The molecule has 0 aromatic carbocycles. The Balaban J connectivity index is 3.72. The summed E-state index contributed by atoms with van der Waals surface area (Å²) in [6.45, 7) is 14.0. The maximum Gasteiger partial charge on any atom is 0.0135 e. The molecule has 0 bridgehead atoms. The van der Waals surface area contributed by atoms with E-state index in [1.165, 1.54) is 44.9 Å². The molecule has 0 aromatic rings. The van der Waals surface area contributed by atoms with E-state index in [9.17, 15) is 0 Å². The Morgan fingerprint density at radius 2 is 1.65 bits per heavy atom. The fourth-order valence-corrected chi connectivity index (χ4v) is 2.20. The van der Waals surface area contributed by atoms with Crippen molar-refractivity contribution in [3.63, 3.8) is 0 Å². The van der Waals surface area contributed by atoms with Gasteiger partial charge in [-0.15, -0.1) is 6.58 Å². The monoisotopic (exact) mass is 239 g/mol. The molecule has 0 aliphatic rings. The summed E-state index contributed by atoms with van der Waals surface area (Å²) in [5.74, 6) is 0. The lowest BCUT2D eigenvalue weighted by atomic mass is 9.83. The van der Waals surface area contributed by atoms with E-state index in [1.807, 2.05) is 6.08 Å². The summed E-state index contributed by atoms with van der Waals surface area (Å²) in [5.41, 5.74) is 0.354. The lowest BCUT2D eigenvalue weighted by Crippen LogP contribution is -2.40. The molecular weight excluding hydrogens is 206 g/mol. The average molecular weight is 239 g/mol. The summed E-state index contributed by atoms with van der Waals surface area (Å²) in [7, 11) is 0. The highest BCUT2D eigenvalue weighted by atomic mass is 14.9. The van der Waals surface area contributed by atoms with Crippen LogP contribution in [0.25, 0.3) is 0 Å². The second-order valence-electron chi connectivity index (χ2n) is 6.17. The Bertz CT molecular complexity index is 178. The quantitative estimate of drug-likeness (QED) is 0.421. The first-order valence-corrected chi connectivity index (χ1v) is 7.36. The molecule has 102 valence electrons. The second kappa shape index (κ2) is 9.70. The molecule has 1 N–H and O–H groups in total. The summed E-state index contributed by atoms with van der Waals surface area (Å²) in [6, 6.07) is 0.617. The van der Waals surface area contributed by atoms with Crippen molar-refractivity contribution in [3.8, 4) is 0 Å². The summed E-state index contributed by atoms with van der Waals surface area (Å²) >= 11 is 0. The molecular formula is C16H33N. The predicted octanol–water partition coefficient (Wildman–Crippen LogP) is 4.93. The molecule has 1 nitrogen and oxygen atoms in total. The largest absolute Gasteiger partial charge is 0.310 e. The van der Waals surface area contributed by atoms with Gasteiger partial charge >= 0.3 is 0 Å². The van der Waals surface area contributed by atoms with E-state index < -0.39 is 0 Å². The van der Waals surface area contributed by atoms with Crippen LogP contribution in [0.15, 0.2) is 12.7 Å². The maximum atomic E-state index is 3.78. The van der Waals surface area contributed by atoms with Crippen LogP contribution in [0.4, 0.5) is 0 Å². The van der Waals surface area contributed by atoms with Gasteiger partial charge in [0.2, 0.25) is 0 Å². The smallest absolute Gasteiger partial charge is 0.0135 e. The molecule has 0 aliphatic carbocycles. The van der Waals surface area contributed by atoms with Crippen molar-refractivity contribution in [1.29, 1.82) is 0 Å². The molecule has 0 heterocycles. The van der Waals surface area contributed by atoms with Gasteiger partial charge < -0.3 is 5.32 Å². The van der Waals surface area contributed by atoms with Crippen LogP contribution in [0.3, 0.4) is 0 Å². The van der Waals surface area contributed by atoms with E-state index in [2.05, 4.69) is 39.6 Å². The number of hydrogen-bond donors (Lipinski definition) is 1. The minimum Gasteiger partial charge on any atom is -0.310 e. The molecule has 0 aliphatic heterocycles. The van der Waals surface area contributed by atoms with Crippen LogP contribution in [0.1, 0.15) is 72.6 Å². The Labute approximate surface area is 109 Å². The number of nitrogens with one attached hydrogen (secondary N) is 1. The zero-order chi connectivity index (χ0) is 13.1. The van der Waals surface area contributed by atoms with Crippen molar-refractivity contribution in [2.75, 3.05) is 6.54 Å². The molecule has 0 amide bonds. The van der Waals surface area contributed by atoms with Gasteiger partial charge in [-0.2, -0.15) is 0 Å². The van der Waals surface area contributed by atoms with Gasteiger partial charge in [0.1, 0.15) is 0 Å². The Kier molecular flexibility index (Phi) is 9.53. The number of unbranched alkanes of at least 4 members (excludes halogenated alkanes) is 5. The van der Waals surface area contributed by atoms with E-state index in [4.69, 9.17) is 0 Å². The molecule has 0 rings (SSSR count). The topological polar surface area (TPSA) is 12.0 Å². The van der Waals surface area contributed by atoms with Gasteiger partial charge in [-0.3, -0.25) is 0 Å². The third-order valence-electron chi connectivity index (χ3n) is 3.40. The summed E-state index contributed by atoms with van der Waals surface area (Å²) < 4.78 is 0. The van der Waals surface area contributed by atoms with Gasteiger partial charge in [0.25, 0.3) is 0 Å². The molecule has 1 unspecified atom stereocenters. The fourth-order valence-electron chi connectivity index (χ4n) is 2.20. The highest BCUT2D eigenvalue weighted by molar-refractivity contribution is 4.83. The predicted molar refractivity (Wildman–Crippen MR) is 79.4 cm³/mol. The standard InChI is InChI=1S/C16H33N/c1-6-8-9-10-11-12-13-15(16(3,4)5)17-14-7-2/h7,15,17H,2,6,8-14H2,1,3-5H3. The summed E-state index contributed by atoms with van der Waals surface area (Å²) in [4.78, 5) is 0. The molecule has 0 saturated carbocycles. The van der Waals surface area contributed by atoms with Gasteiger partial charge in [0, 0.05) is 12.6 Å². The first kappa shape index (κ1) is 16.7. The zero-order valence-corrected chi connectivity index (χ0v) is 12.5. The summed E-state index contributed by atoms with van der Waals surface area (Å²) in [5, 5.41) is 3.59. The van der Waals surface area contributed by atoms with Crippen molar-refractivity contribution >= 4 is 0 Å². The van der Waals surface area contributed by atoms with Crippen LogP contribution in [0.2, 0.25) is 0 Å². The van der Waals surface area contributed by atoms with E-state index in [0.29, 0.717) is 11.5 Å². The highest BCUT2D eigenvalue weighted by Gasteiger charge is 2.22. The Morgan fingerprint density at radius 3 is 2.18 bits per heavy atom. The maximum absolute atomic E-state index is 3.78. The van der Waals surface area contributed by atoms with Gasteiger partial charge in [-0.25, -0.2) is 0 Å². The lowest BCUT2D eigenvalue weighted by molar-refractivity contribution is 0.255. The van der Waals surface area contributed by atoms with Gasteiger partial charge in [-0.1, -0.05) is 72.3 Å². The fraction of sp³-hybridized carbons (Fsp3) is 0.875. The van der Waals surface area contributed by atoms with E-state index >= 15 is 0 Å². The first-order valence-electron chi connectivity index (χ1n) is 7.36. The van der Waals surface area contributed by atoms with Crippen LogP contribution in [-0.4, -0.2) is 12.6 Å². The summed E-state index contributed by atoms with van der Waals surface area (Å²) in [6.07, 6.45) is 11.6. The second-order valence-corrected chi connectivity index (χ2v) is 6.17. The zero-order valence-electron chi connectivity index (χ0n) is 12.5. The van der Waals surface area contributed by atoms with E-state index in [1.54, 1.807) is 0 Å². The van der Waals surface area contributed by atoms with Crippen LogP contribution in [0, 0.1) is 5.41 Å². The van der Waals surface area contributed by atoms with Crippen molar-refractivity contribution in [3.05, 3.63) is 12.7 Å². The van der Waals surface area contributed by atoms with E-state index in [0.717, 1.165) is 6.54 Å². The third-order valence-corrected chi connectivity index (χ3v) is 3.40. The molecule has 1 atom stereocenters. The van der Waals surface area contributed by atoms with Gasteiger partial charge in [0.15, 0.2) is 0 Å². The van der Waals surface area contributed by atoms with Crippen LogP contribution >= 0.6 is 0 Å². The molecule has 17 heavy (non-hydrogen) atoms. The van der Waals surface area contributed by atoms with Crippen LogP contribution < -0.4 is 5.32 Å². The molecule has 0 saturated heterocycles. The van der Waals surface area contributed by atoms with Crippen molar-refractivity contribution in [1.82, 2.24) is 5.32 Å². The molecule has 0 fully saturated rings. The van der Waals surface area contributed by atoms with Gasteiger partial charge in [0.05, 0.1) is 0 Å². The average Bonchev–Trinajstić information content (AvgIpc) is 2.25. The highest BCUT2D eigenvalue weighted by Crippen LogP contribution is 2.23. The molecule has 0 spiro atoms. The minimum absolute atomic E-state index is 0.354. The Morgan fingerprint density at radius 1 is 1.06 bits per heavy atom. The van der Waals surface area contributed by atoms with E-state index in [-0.39, 0.29) is 0 Å². The number of hydrogen-bond acceptors (Lipinski definition) is 1. The molecule has 1 heteroatoms. The van der Waals surface area contributed by atoms with Crippen molar-refractivity contribution in [2.24, 2.45) is 5.41 Å². The third kappa shape index (κ3) is 9.41. The minimum atomic E-state index is 0.354. The normalized spacial score (nSPS) is 13.6. The Hall–Kier alpha value is -0.300.